The lowest BCUT2D eigenvalue weighted by Crippen LogP contribution is -2.36. The van der Waals surface area contributed by atoms with Crippen molar-refractivity contribution in [2.45, 2.75) is 17.4 Å². The van der Waals surface area contributed by atoms with Gasteiger partial charge in [-0.05, 0) is 59.8 Å². The molecule has 1 aromatic carbocycles. The molecule has 1 aliphatic rings. The predicted octanol–water partition coefficient (Wildman–Crippen LogP) is 0.931. The summed E-state index contributed by atoms with van der Waals surface area (Å²) in [7, 11) is -3.35. The Kier molecular flexibility index (Phi) is 3.83. The Hall–Kier alpha value is -0.180. The summed E-state index contributed by atoms with van der Waals surface area (Å²) in [6.45, 7) is 1.59. The van der Waals surface area contributed by atoms with Gasteiger partial charge in [0.05, 0.1) is 4.90 Å². The molecule has 1 atom stereocenters. The van der Waals surface area contributed by atoms with Crippen LogP contribution in [0.4, 0.5) is 0 Å². The highest BCUT2D eigenvalue weighted by atomic mass is 127. The summed E-state index contributed by atoms with van der Waals surface area (Å²) >= 11 is 2.15. The highest BCUT2D eigenvalue weighted by Crippen LogP contribution is 2.13. The van der Waals surface area contributed by atoms with Gasteiger partial charge in [-0.1, -0.05) is 0 Å². The van der Waals surface area contributed by atoms with E-state index in [0.717, 1.165) is 16.5 Å². The van der Waals surface area contributed by atoms with Gasteiger partial charge >= 0.3 is 0 Å². The second-order valence-corrected chi connectivity index (χ2v) is 6.72. The first-order valence-electron chi connectivity index (χ1n) is 5.06. The summed E-state index contributed by atoms with van der Waals surface area (Å²) in [5.74, 6) is 0. The number of nitrogens with one attached hydrogen (secondary N) is 2. The fourth-order valence-corrected chi connectivity index (χ4v) is 3.29. The Morgan fingerprint density at radius 1 is 1.31 bits per heavy atom. The van der Waals surface area contributed by atoms with Crippen molar-refractivity contribution in [1.29, 1.82) is 0 Å². The lowest BCUT2D eigenvalue weighted by Gasteiger charge is -2.11. The second-order valence-electron chi connectivity index (χ2n) is 3.76. The molecule has 1 fully saturated rings. The fourth-order valence-electron chi connectivity index (χ4n) is 1.66. The van der Waals surface area contributed by atoms with Gasteiger partial charge < -0.3 is 5.32 Å². The van der Waals surface area contributed by atoms with Crippen molar-refractivity contribution in [2.75, 3.05) is 13.1 Å². The van der Waals surface area contributed by atoms with Gasteiger partial charge in [-0.15, -0.1) is 0 Å². The average molecular weight is 352 g/mol. The van der Waals surface area contributed by atoms with Crippen molar-refractivity contribution in [3.05, 3.63) is 27.8 Å². The number of benzene rings is 1. The van der Waals surface area contributed by atoms with E-state index in [-0.39, 0.29) is 6.04 Å². The molecule has 0 aromatic heterocycles. The number of hydrogen-bond acceptors (Lipinski definition) is 3. The molecule has 1 heterocycles. The molecule has 1 aromatic rings. The standard InChI is InChI=1S/C10H13IN2O2S/c11-8-1-3-10(4-2-8)16(14,15)13-9-5-6-12-7-9/h1-4,9,12-13H,5-7H2/t9-/m1/s1. The minimum Gasteiger partial charge on any atom is -0.315 e. The van der Waals surface area contributed by atoms with Crippen LogP contribution in [0.15, 0.2) is 29.2 Å². The molecule has 0 aliphatic carbocycles. The van der Waals surface area contributed by atoms with Crippen LogP contribution in [-0.4, -0.2) is 27.5 Å². The van der Waals surface area contributed by atoms with Crippen molar-refractivity contribution in [1.82, 2.24) is 10.0 Å². The normalized spacial score (nSPS) is 21.2. The number of hydrogen-bond donors (Lipinski definition) is 2. The van der Waals surface area contributed by atoms with Crippen LogP contribution in [0.5, 0.6) is 0 Å². The summed E-state index contributed by atoms with van der Waals surface area (Å²) in [5, 5.41) is 3.13. The van der Waals surface area contributed by atoms with E-state index in [1.165, 1.54) is 0 Å². The highest BCUT2D eigenvalue weighted by molar-refractivity contribution is 14.1. The van der Waals surface area contributed by atoms with E-state index in [4.69, 9.17) is 0 Å². The summed E-state index contributed by atoms with van der Waals surface area (Å²) in [5.41, 5.74) is 0. The van der Waals surface area contributed by atoms with Gasteiger partial charge in [-0.2, -0.15) is 0 Å². The van der Waals surface area contributed by atoms with E-state index in [2.05, 4.69) is 32.6 Å². The zero-order chi connectivity index (χ0) is 11.6. The molecule has 0 unspecified atom stereocenters. The third-order valence-electron chi connectivity index (χ3n) is 2.51. The maximum absolute atomic E-state index is 12.0. The van der Waals surface area contributed by atoms with Crippen LogP contribution in [0.3, 0.4) is 0 Å². The van der Waals surface area contributed by atoms with E-state index in [1.54, 1.807) is 24.3 Å². The maximum atomic E-state index is 12.0. The molecular weight excluding hydrogens is 339 g/mol. The maximum Gasteiger partial charge on any atom is 0.240 e. The van der Waals surface area contributed by atoms with Crippen molar-refractivity contribution in [2.24, 2.45) is 0 Å². The molecule has 2 N–H and O–H groups in total. The molecule has 6 heteroatoms. The molecule has 88 valence electrons. The van der Waals surface area contributed by atoms with Crippen molar-refractivity contribution < 1.29 is 8.42 Å². The molecule has 0 bridgehead atoms. The van der Waals surface area contributed by atoms with Crippen molar-refractivity contribution >= 4 is 32.6 Å². The van der Waals surface area contributed by atoms with Gasteiger partial charge in [-0.3, -0.25) is 0 Å². The molecule has 4 nitrogen and oxygen atoms in total. The Morgan fingerprint density at radius 3 is 2.56 bits per heavy atom. The first-order chi connectivity index (χ1) is 7.58. The molecule has 0 saturated carbocycles. The molecule has 1 aliphatic heterocycles. The van der Waals surface area contributed by atoms with Gasteiger partial charge in [0.2, 0.25) is 10.0 Å². The lowest BCUT2D eigenvalue weighted by molar-refractivity contribution is 0.560. The van der Waals surface area contributed by atoms with Crippen LogP contribution in [0, 0.1) is 3.57 Å². The zero-order valence-corrected chi connectivity index (χ0v) is 11.6. The molecular formula is C10H13IN2O2S. The average Bonchev–Trinajstić information content (AvgIpc) is 2.70. The van der Waals surface area contributed by atoms with Crippen LogP contribution >= 0.6 is 22.6 Å². The Balaban J connectivity index is 2.14. The van der Waals surface area contributed by atoms with Gasteiger partial charge in [0.1, 0.15) is 0 Å². The van der Waals surface area contributed by atoms with Crippen LogP contribution in [0.25, 0.3) is 0 Å². The predicted molar refractivity (Wildman–Crippen MR) is 70.8 cm³/mol. The largest absolute Gasteiger partial charge is 0.315 e. The lowest BCUT2D eigenvalue weighted by atomic mass is 10.3. The van der Waals surface area contributed by atoms with Crippen LogP contribution in [0.1, 0.15) is 6.42 Å². The van der Waals surface area contributed by atoms with Crippen molar-refractivity contribution in [3.63, 3.8) is 0 Å². The SMILES string of the molecule is O=S(=O)(N[C@@H]1CCNC1)c1ccc(I)cc1. The highest BCUT2D eigenvalue weighted by Gasteiger charge is 2.22. The first kappa shape index (κ1) is 12.3. The van der Waals surface area contributed by atoms with Gasteiger partial charge in [0.15, 0.2) is 0 Å². The van der Waals surface area contributed by atoms with Gasteiger partial charge in [-0.25, -0.2) is 13.1 Å². The van der Waals surface area contributed by atoms with Crippen LogP contribution < -0.4 is 10.0 Å². The third kappa shape index (κ3) is 2.93. The number of halogens is 1. The third-order valence-corrected chi connectivity index (χ3v) is 4.76. The molecule has 0 radical (unpaired) electrons. The van der Waals surface area contributed by atoms with E-state index in [1.807, 2.05) is 0 Å². The quantitative estimate of drug-likeness (QED) is 0.796. The van der Waals surface area contributed by atoms with Crippen LogP contribution in [-0.2, 0) is 10.0 Å². The first-order valence-corrected chi connectivity index (χ1v) is 7.63. The Labute approximate surface area is 109 Å². The minimum atomic E-state index is -3.35. The van der Waals surface area contributed by atoms with E-state index < -0.39 is 10.0 Å². The molecule has 0 amide bonds. The van der Waals surface area contributed by atoms with E-state index >= 15 is 0 Å². The molecule has 1 saturated heterocycles. The summed E-state index contributed by atoms with van der Waals surface area (Å²) in [6.07, 6.45) is 0.851. The molecule has 0 spiro atoms. The molecule has 16 heavy (non-hydrogen) atoms. The van der Waals surface area contributed by atoms with Crippen LogP contribution in [0.2, 0.25) is 0 Å². The topological polar surface area (TPSA) is 58.2 Å². The van der Waals surface area contributed by atoms with Gasteiger partial charge in [0.25, 0.3) is 0 Å². The van der Waals surface area contributed by atoms with E-state index in [0.29, 0.717) is 11.4 Å². The number of sulfonamides is 1. The summed E-state index contributed by atoms with van der Waals surface area (Å²) < 4.78 is 27.6. The monoisotopic (exact) mass is 352 g/mol. The Bertz CT molecular complexity index is 452. The van der Waals surface area contributed by atoms with Crippen molar-refractivity contribution in [3.8, 4) is 0 Å². The zero-order valence-electron chi connectivity index (χ0n) is 8.61. The Morgan fingerprint density at radius 2 is 2.00 bits per heavy atom. The second kappa shape index (κ2) is 4.99. The fraction of sp³-hybridized carbons (Fsp3) is 0.400. The van der Waals surface area contributed by atoms with E-state index in [9.17, 15) is 8.42 Å². The number of rotatable bonds is 3. The minimum absolute atomic E-state index is 0.0179. The van der Waals surface area contributed by atoms with Gasteiger partial charge in [0, 0.05) is 16.2 Å². The molecule has 2 rings (SSSR count). The smallest absolute Gasteiger partial charge is 0.240 e. The summed E-state index contributed by atoms with van der Waals surface area (Å²) in [6, 6.07) is 6.87. The summed E-state index contributed by atoms with van der Waals surface area (Å²) in [4.78, 5) is 0.333.